The summed E-state index contributed by atoms with van der Waals surface area (Å²) < 4.78 is 5.55. The average Bonchev–Trinajstić information content (AvgIpc) is 2.17. The number of ether oxygens (including phenoxy) is 1. The van der Waals surface area contributed by atoms with E-state index in [1.165, 1.54) is 12.8 Å². The van der Waals surface area contributed by atoms with Crippen LogP contribution in [0.4, 0.5) is 0 Å². The molecule has 54 valence electrons. The van der Waals surface area contributed by atoms with Crippen LogP contribution in [0, 0.1) is 0 Å². The molecule has 2 heteroatoms. The summed E-state index contributed by atoms with van der Waals surface area (Å²) in [7, 11) is 0. The zero-order valence-electron chi connectivity index (χ0n) is 5.84. The first-order chi connectivity index (χ1) is 4.33. The lowest BCUT2D eigenvalue weighted by atomic mass is 10.2. The molecule has 9 heavy (non-hydrogen) atoms. The molecule has 0 N–H and O–H groups in total. The molecule has 1 fully saturated rings. The largest absolute Gasteiger partial charge is 0.375 e. The van der Waals surface area contributed by atoms with E-state index in [1.807, 2.05) is 0 Å². The van der Waals surface area contributed by atoms with Gasteiger partial charge in [0.15, 0.2) is 0 Å². The van der Waals surface area contributed by atoms with Crippen LogP contribution < -0.4 is 0 Å². The van der Waals surface area contributed by atoms with E-state index in [-0.39, 0.29) is 0 Å². The highest BCUT2D eigenvalue weighted by Crippen LogP contribution is 2.21. The second-order valence-electron chi connectivity index (χ2n) is 2.66. The second kappa shape index (κ2) is 3.47. The molecule has 0 aliphatic carbocycles. The number of hydrogen-bond donors (Lipinski definition) is 1. The molecule has 0 spiro atoms. The van der Waals surface area contributed by atoms with Gasteiger partial charge in [0.25, 0.3) is 0 Å². The minimum atomic E-state index is 0.495. The van der Waals surface area contributed by atoms with Crippen molar-refractivity contribution in [1.82, 2.24) is 0 Å². The summed E-state index contributed by atoms with van der Waals surface area (Å²) in [6.07, 6.45) is 4.60. The lowest BCUT2D eigenvalue weighted by Gasteiger charge is -2.07. The molecule has 1 heterocycles. The van der Waals surface area contributed by atoms with Gasteiger partial charge in [-0.1, -0.05) is 0 Å². The summed E-state index contributed by atoms with van der Waals surface area (Å²) >= 11 is 4.15. The third kappa shape index (κ3) is 2.18. The first-order valence-electron chi connectivity index (χ1n) is 3.59. The Hall–Kier alpha value is 0.310. The second-order valence-corrected chi connectivity index (χ2v) is 3.11. The number of thiol groups is 1. The Labute approximate surface area is 62.2 Å². The van der Waals surface area contributed by atoms with E-state index in [0.29, 0.717) is 12.2 Å². The Morgan fingerprint density at radius 1 is 1.56 bits per heavy atom. The fourth-order valence-electron chi connectivity index (χ4n) is 1.24. The van der Waals surface area contributed by atoms with Gasteiger partial charge in [0.05, 0.1) is 12.2 Å². The molecule has 1 saturated heterocycles. The van der Waals surface area contributed by atoms with Crippen LogP contribution in [0.15, 0.2) is 0 Å². The van der Waals surface area contributed by atoms with E-state index >= 15 is 0 Å². The van der Waals surface area contributed by atoms with Crippen molar-refractivity contribution in [2.75, 3.05) is 5.75 Å². The van der Waals surface area contributed by atoms with Crippen molar-refractivity contribution in [1.29, 1.82) is 0 Å². The van der Waals surface area contributed by atoms with Crippen LogP contribution in [0.2, 0.25) is 0 Å². The summed E-state index contributed by atoms with van der Waals surface area (Å²) in [5, 5.41) is 0. The van der Waals surface area contributed by atoms with Gasteiger partial charge in [-0.05, 0) is 31.9 Å². The maximum absolute atomic E-state index is 5.55. The Kier molecular flexibility index (Phi) is 2.86. The maximum atomic E-state index is 5.55. The van der Waals surface area contributed by atoms with E-state index in [2.05, 4.69) is 19.6 Å². The Bertz CT molecular complexity index is 83.0. The van der Waals surface area contributed by atoms with Crippen LogP contribution in [0.3, 0.4) is 0 Å². The summed E-state index contributed by atoms with van der Waals surface area (Å²) in [5.74, 6) is 0.956. The van der Waals surface area contributed by atoms with Crippen molar-refractivity contribution in [3.63, 3.8) is 0 Å². The molecule has 0 aromatic rings. The first-order valence-corrected chi connectivity index (χ1v) is 4.22. The molecule has 1 aliphatic rings. The van der Waals surface area contributed by atoms with E-state index < -0.39 is 0 Å². The Balaban J connectivity index is 2.14. The molecule has 0 bridgehead atoms. The SMILES string of the molecule is CC1CCC(CCS)O1. The van der Waals surface area contributed by atoms with Gasteiger partial charge < -0.3 is 4.74 Å². The molecule has 0 saturated carbocycles. The normalized spacial score (nSPS) is 35.3. The van der Waals surface area contributed by atoms with E-state index in [4.69, 9.17) is 4.74 Å². The van der Waals surface area contributed by atoms with Crippen molar-refractivity contribution in [3.05, 3.63) is 0 Å². The molecule has 1 aliphatic heterocycles. The van der Waals surface area contributed by atoms with Crippen LogP contribution in [0.5, 0.6) is 0 Å². The summed E-state index contributed by atoms with van der Waals surface area (Å²) in [4.78, 5) is 0. The van der Waals surface area contributed by atoms with Gasteiger partial charge in [-0.2, -0.15) is 12.6 Å². The molecular formula is C7H14OS. The fraction of sp³-hybridized carbons (Fsp3) is 1.00. The quantitative estimate of drug-likeness (QED) is 0.585. The van der Waals surface area contributed by atoms with Crippen molar-refractivity contribution >= 4 is 12.6 Å². The lowest BCUT2D eigenvalue weighted by Crippen LogP contribution is -2.08. The average molecular weight is 146 g/mol. The van der Waals surface area contributed by atoms with Crippen LogP contribution in [0.1, 0.15) is 26.2 Å². The Morgan fingerprint density at radius 2 is 2.33 bits per heavy atom. The topological polar surface area (TPSA) is 9.23 Å². The Morgan fingerprint density at radius 3 is 2.78 bits per heavy atom. The van der Waals surface area contributed by atoms with Gasteiger partial charge in [0.2, 0.25) is 0 Å². The van der Waals surface area contributed by atoms with Gasteiger partial charge >= 0.3 is 0 Å². The number of rotatable bonds is 2. The minimum Gasteiger partial charge on any atom is -0.375 e. The molecule has 0 aromatic heterocycles. The highest BCUT2D eigenvalue weighted by molar-refractivity contribution is 7.80. The van der Waals surface area contributed by atoms with Gasteiger partial charge in [0, 0.05) is 0 Å². The fourth-order valence-corrected chi connectivity index (χ4v) is 1.53. The molecule has 1 rings (SSSR count). The van der Waals surface area contributed by atoms with Crippen molar-refractivity contribution in [2.45, 2.75) is 38.4 Å². The zero-order chi connectivity index (χ0) is 6.69. The summed E-state index contributed by atoms with van der Waals surface area (Å²) in [5.41, 5.74) is 0. The van der Waals surface area contributed by atoms with Crippen molar-refractivity contribution in [2.24, 2.45) is 0 Å². The highest BCUT2D eigenvalue weighted by atomic mass is 32.1. The number of hydrogen-bond acceptors (Lipinski definition) is 2. The molecule has 0 aromatic carbocycles. The monoisotopic (exact) mass is 146 g/mol. The molecule has 0 amide bonds. The molecule has 2 unspecified atom stereocenters. The highest BCUT2D eigenvalue weighted by Gasteiger charge is 2.20. The standard InChI is InChI=1S/C7H14OS/c1-6-2-3-7(8-6)4-5-9/h6-7,9H,2-5H2,1H3. The first kappa shape index (κ1) is 7.42. The van der Waals surface area contributed by atoms with Crippen LogP contribution in [0.25, 0.3) is 0 Å². The van der Waals surface area contributed by atoms with Crippen molar-refractivity contribution < 1.29 is 4.74 Å². The van der Waals surface area contributed by atoms with Crippen LogP contribution in [-0.2, 0) is 4.74 Å². The van der Waals surface area contributed by atoms with Crippen molar-refractivity contribution in [3.8, 4) is 0 Å². The van der Waals surface area contributed by atoms with Crippen LogP contribution >= 0.6 is 12.6 Å². The van der Waals surface area contributed by atoms with Gasteiger partial charge in [-0.3, -0.25) is 0 Å². The smallest absolute Gasteiger partial charge is 0.0587 e. The predicted molar refractivity (Wildman–Crippen MR) is 42.0 cm³/mol. The minimum absolute atomic E-state index is 0.495. The van der Waals surface area contributed by atoms with Gasteiger partial charge in [0.1, 0.15) is 0 Å². The molecular weight excluding hydrogens is 132 g/mol. The molecule has 0 radical (unpaired) electrons. The summed E-state index contributed by atoms with van der Waals surface area (Å²) in [6.45, 7) is 2.14. The van der Waals surface area contributed by atoms with E-state index in [0.717, 1.165) is 12.2 Å². The molecule has 1 nitrogen and oxygen atoms in total. The van der Waals surface area contributed by atoms with Gasteiger partial charge in [-0.15, -0.1) is 0 Å². The third-order valence-corrected chi connectivity index (χ3v) is 2.03. The summed E-state index contributed by atoms with van der Waals surface area (Å²) in [6, 6.07) is 0. The van der Waals surface area contributed by atoms with Crippen LogP contribution in [-0.4, -0.2) is 18.0 Å². The third-order valence-electron chi connectivity index (χ3n) is 1.77. The van der Waals surface area contributed by atoms with E-state index in [9.17, 15) is 0 Å². The van der Waals surface area contributed by atoms with E-state index in [1.54, 1.807) is 0 Å². The predicted octanol–water partition coefficient (Wildman–Crippen LogP) is 1.87. The maximum Gasteiger partial charge on any atom is 0.0587 e. The van der Waals surface area contributed by atoms with Gasteiger partial charge in [-0.25, -0.2) is 0 Å². The lowest BCUT2D eigenvalue weighted by molar-refractivity contribution is 0.0547. The molecule has 2 atom stereocenters. The zero-order valence-corrected chi connectivity index (χ0v) is 6.73.